The molecule has 1 aromatic rings. The summed E-state index contributed by atoms with van der Waals surface area (Å²) in [5.74, 6) is 0.569. The van der Waals surface area contributed by atoms with E-state index in [0.29, 0.717) is 32.4 Å². The van der Waals surface area contributed by atoms with E-state index in [1.54, 1.807) is 18.2 Å². The zero-order valence-electron chi connectivity index (χ0n) is 18.4. The van der Waals surface area contributed by atoms with Crippen LogP contribution in [0, 0.1) is 0 Å². The maximum Gasteiger partial charge on any atom is 0.243 e. The molecular formula is C25H33N3O4. The quantitative estimate of drug-likeness (QED) is 0.494. The Morgan fingerprint density at radius 1 is 0.938 bits per heavy atom. The van der Waals surface area contributed by atoms with Gasteiger partial charge < -0.3 is 25.8 Å². The highest BCUT2D eigenvalue weighted by molar-refractivity contribution is 5.91. The van der Waals surface area contributed by atoms with E-state index in [9.17, 15) is 14.7 Å². The minimum atomic E-state index is -0.456. The fourth-order valence-electron chi connectivity index (χ4n) is 4.81. The van der Waals surface area contributed by atoms with Crippen molar-refractivity contribution in [2.45, 2.75) is 56.1 Å². The minimum absolute atomic E-state index is 0.104. The van der Waals surface area contributed by atoms with Crippen LogP contribution in [-0.4, -0.2) is 55.3 Å². The monoisotopic (exact) mass is 439 g/mol. The van der Waals surface area contributed by atoms with Crippen LogP contribution in [0.5, 0.6) is 5.75 Å². The summed E-state index contributed by atoms with van der Waals surface area (Å²) in [6, 6.07) is 5.89. The molecule has 32 heavy (non-hydrogen) atoms. The third-order valence-corrected chi connectivity index (χ3v) is 6.59. The first-order valence-electron chi connectivity index (χ1n) is 11.7. The van der Waals surface area contributed by atoms with Gasteiger partial charge in [-0.2, -0.15) is 0 Å². The van der Waals surface area contributed by atoms with Crippen LogP contribution in [0.3, 0.4) is 0 Å². The molecule has 1 fully saturated rings. The average molecular weight is 440 g/mol. The topological polar surface area (TPSA) is 99.7 Å². The first kappa shape index (κ1) is 22.6. The molecule has 7 heteroatoms. The zero-order chi connectivity index (χ0) is 22.4. The van der Waals surface area contributed by atoms with Gasteiger partial charge in [-0.15, -0.1) is 0 Å². The van der Waals surface area contributed by atoms with E-state index in [1.165, 1.54) is 0 Å². The molecule has 172 valence electrons. The van der Waals surface area contributed by atoms with Gasteiger partial charge in [0.2, 0.25) is 11.8 Å². The predicted octanol–water partition coefficient (Wildman–Crippen LogP) is 1.81. The molecule has 4 N–H and O–H groups in total. The summed E-state index contributed by atoms with van der Waals surface area (Å²) < 4.78 is 6.22. The number of fused-ring (bicyclic) bond motifs is 1. The SMILES string of the molecule is O=C1C=CC23CCC(O)CC2Oc2ccc(cc23)C=CC(=O)NCCCNCCCCN1. The van der Waals surface area contributed by atoms with Crippen molar-refractivity contribution < 1.29 is 19.4 Å². The summed E-state index contributed by atoms with van der Waals surface area (Å²) in [4.78, 5) is 24.6. The van der Waals surface area contributed by atoms with Gasteiger partial charge in [0.05, 0.1) is 11.5 Å². The van der Waals surface area contributed by atoms with Crippen molar-refractivity contribution in [2.75, 3.05) is 26.2 Å². The second kappa shape index (κ2) is 10.3. The van der Waals surface area contributed by atoms with Crippen molar-refractivity contribution >= 4 is 17.9 Å². The Bertz CT molecular complexity index is 897. The van der Waals surface area contributed by atoms with E-state index in [2.05, 4.69) is 16.0 Å². The minimum Gasteiger partial charge on any atom is -0.489 e. The van der Waals surface area contributed by atoms with Crippen molar-refractivity contribution in [3.05, 3.63) is 47.6 Å². The summed E-state index contributed by atoms with van der Waals surface area (Å²) in [7, 11) is 0. The zero-order valence-corrected chi connectivity index (χ0v) is 18.4. The molecule has 2 heterocycles. The van der Waals surface area contributed by atoms with Crippen molar-refractivity contribution in [1.82, 2.24) is 16.0 Å². The Kier molecular flexibility index (Phi) is 7.27. The molecule has 0 saturated heterocycles. The van der Waals surface area contributed by atoms with Crippen LogP contribution < -0.4 is 20.7 Å². The molecule has 1 saturated carbocycles. The molecule has 2 amide bonds. The van der Waals surface area contributed by atoms with Crippen LogP contribution in [0.2, 0.25) is 0 Å². The number of amides is 2. The fourth-order valence-corrected chi connectivity index (χ4v) is 4.81. The number of benzene rings is 1. The number of aliphatic hydroxyl groups is 1. The van der Waals surface area contributed by atoms with Crippen molar-refractivity contribution in [1.29, 1.82) is 0 Å². The number of rotatable bonds is 0. The van der Waals surface area contributed by atoms with Gasteiger partial charge in [0.15, 0.2) is 0 Å². The lowest BCUT2D eigenvalue weighted by atomic mass is 9.67. The molecule has 0 radical (unpaired) electrons. The van der Waals surface area contributed by atoms with E-state index in [-0.39, 0.29) is 17.9 Å². The summed E-state index contributed by atoms with van der Waals surface area (Å²) in [5.41, 5.74) is 1.46. The van der Waals surface area contributed by atoms with Crippen LogP contribution in [0.25, 0.3) is 6.08 Å². The third-order valence-electron chi connectivity index (χ3n) is 6.59. The molecule has 3 aliphatic rings. The first-order chi connectivity index (χ1) is 15.6. The molecular weight excluding hydrogens is 406 g/mol. The van der Waals surface area contributed by atoms with Gasteiger partial charge in [-0.05, 0) is 75.0 Å². The molecule has 1 spiro atoms. The third kappa shape index (κ3) is 5.22. The van der Waals surface area contributed by atoms with Gasteiger partial charge in [-0.3, -0.25) is 9.59 Å². The molecule has 7 nitrogen and oxygen atoms in total. The fraction of sp³-hybridized carbons (Fsp3) is 0.520. The number of hydrogen-bond donors (Lipinski definition) is 4. The Morgan fingerprint density at radius 2 is 1.69 bits per heavy atom. The Morgan fingerprint density at radius 3 is 2.56 bits per heavy atom. The number of carbonyl (C=O) groups is 2. The summed E-state index contributed by atoms with van der Waals surface area (Å²) in [5, 5.41) is 19.5. The van der Waals surface area contributed by atoms with Crippen LogP contribution in [-0.2, 0) is 15.0 Å². The summed E-state index contributed by atoms with van der Waals surface area (Å²) >= 11 is 0. The number of carbonyl (C=O) groups excluding carboxylic acids is 2. The second-order valence-electron chi connectivity index (χ2n) is 8.89. The van der Waals surface area contributed by atoms with Gasteiger partial charge in [0.25, 0.3) is 0 Å². The lowest BCUT2D eigenvalue weighted by molar-refractivity contribution is -0.117. The molecule has 2 aliphatic heterocycles. The average Bonchev–Trinajstić information content (AvgIpc) is 3.10. The molecule has 3 unspecified atom stereocenters. The lowest BCUT2D eigenvalue weighted by Gasteiger charge is -2.38. The van der Waals surface area contributed by atoms with Crippen LogP contribution in [0.1, 0.15) is 49.7 Å². The van der Waals surface area contributed by atoms with Crippen molar-refractivity contribution in [3.8, 4) is 5.75 Å². The Balaban J connectivity index is 1.61. The molecule has 1 aliphatic carbocycles. The van der Waals surface area contributed by atoms with Gasteiger partial charge in [-0.25, -0.2) is 0 Å². The van der Waals surface area contributed by atoms with E-state index in [4.69, 9.17) is 4.74 Å². The number of nitrogens with one attached hydrogen (secondary N) is 3. The van der Waals surface area contributed by atoms with Crippen molar-refractivity contribution in [3.63, 3.8) is 0 Å². The maximum atomic E-state index is 12.5. The molecule has 2 bridgehead atoms. The van der Waals surface area contributed by atoms with E-state index in [1.807, 2.05) is 24.3 Å². The molecule has 0 aromatic heterocycles. The maximum absolute atomic E-state index is 12.5. The van der Waals surface area contributed by atoms with E-state index < -0.39 is 11.5 Å². The van der Waals surface area contributed by atoms with E-state index in [0.717, 1.165) is 49.2 Å². The highest BCUT2D eigenvalue weighted by atomic mass is 16.5. The highest BCUT2D eigenvalue weighted by Gasteiger charge is 2.50. The largest absolute Gasteiger partial charge is 0.489 e. The number of ether oxygens (including phenoxy) is 1. The Labute approximate surface area is 189 Å². The van der Waals surface area contributed by atoms with E-state index >= 15 is 0 Å². The van der Waals surface area contributed by atoms with Gasteiger partial charge in [0.1, 0.15) is 11.9 Å². The lowest BCUT2D eigenvalue weighted by Crippen LogP contribution is -2.44. The van der Waals surface area contributed by atoms with Crippen LogP contribution >= 0.6 is 0 Å². The van der Waals surface area contributed by atoms with Gasteiger partial charge >= 0.3 is 0 Å². The smallest absolute Gasteiger partial charge is 0.243 e. The molecule has 4 rings (SSSR count). The summed E-state index contributed by atoms with van der Waals surface area (Å²) in [6.07, 6.45) is 11.0. The van der Waals surface area contributed by atoms with Crippen LogP contribution in [0.15, 0.2) is 36.4 Å². The predicted molar refractivity (Wildman–Crippen MR) is 123 cm³/mol. The first-order valence-corrected chi connectivity index (χ1v) is 11.7. The Hall–Kier alpha value is -2.64. The van der Waals surface area contributed by atoms with Gasteiger partial charge in [0, 0.05) is 31.1 Å². The summed E-state index contributed by atoms with van der Waals surface area (Å²) in [6.45, 7) is 3.00. The normalized spacial score (nSPS) is 29.4. The number of aliphatic hydroxyl groups excluding tert-OH is 1. The van der Waals surface area contributed by atoms with Crippen molar-refractivity contribution in [2.24, 2.45) is 0 Å². The molecule has 3 atom stereocenters. The van der Waals surface area contributed by atoms with Crippen LogP contribution in [0.4, 0.5) is 0 Å². The number of hydrogen-bond acceptors (Lipinski definition) is 5. The molecule has 1 aromatic carbocycles. The standard InChI is InChI=1S/C25H33N3O4/c29-19-8-10-25-11-9-24(31)27-14-2-1-12-26-13-3-15-28-23(30)7-5-18-4-6-21(20(25)16-18)32-22(25)17-19/h4-7,9,11,16,19,22,26,29H,1-3,8,10,12-15,17H2,(H,27,31)(H,28,30). The second-order valence-corrected chi connectivity index (χ2v) is 8.89. The van der Waals surface area contributed by atoms with Gasteiger partial charge in [-0.1, -0.05) is 12.1 Å². The highest BCUT2D eigenvalue weighted by Crippen LogP contribution is 2.51.